The van der Waals surface area contributed by atoms with Crippen molar-refractivity contribution in [1.29, 1.82) is 0 Å². The van der Waals surface area contributed by atoms with Gasteiger partial charge in [0.1, 0.15) is 11.5 Å². The molecule has 0 fully saturated rings. The molecule has 0 atom stereocenters. The SMILES string of the molecule is CCOc1cc(C=NNC(=O)C(Oc2ccc(Cl)cc2)Oc2ccc(Cl)cc2)ccc1OC(=O)c1ccccc1. The summed E-state index contributed by atoms with van der Waals surface area (Å²) in [5.41, 5.74) is 3.41. The summed E-state index contributed by atoms with van der Waals surface area (Å²) in [5, 5.41) is 5.06. The molecule has 1 amide bonds. The van der Waals surface area contributed by atoms with Gasteiger partial charge < -0.3 is 18.9 Å². The van der Waals surface area contributed by atoms with Crippen LogP contribution in [-0.2, 0) is 4.79 Å². The van der Waals surface area contributed by atoms with Crippen molar-refractivity contribution < 1.29 is 28.5 Å². The van der Waals surface area contributed by atoms with Crippen LogP contribution >= 0.6 is 23.2 Å². The number of ether oxygens (including phenoxy) is 4. The first-order valence-corrected chi connectivity index (χ1v) is 12.9. The van der Waals surface area contributed by atoms with Crippen LogP contribution in [0.15, 0.2) is 102 Å². The number of nitrogens with one attached hydrogen (secondary N) is 1. The summed E-state index contributed by atoms with van der Waals surface area (Å²) in [7, 11) is 0. The number of hydrogen-bond donors (Lipinski definition) is 1. The number of benzene rings is 4. The van der Waals surface area contributed by atoms with E-state index in [0.29, 0.717) is 45.0 Å². The second-order valence-electron chi connectivity index (χ2n) is 8.10. The minimum Gasteiger partial charge on any atom is -0.490 e. The van der Waals surface area contributed by atoms with Gasteiger partial charge in [0.05, 0.1) is 18.4 Å². The maximum absolute atomic E-state index is 12.9. The lowest BCUT2D eigenvalue weighted by Crippen LogP contribution is -2.40. The summed E-state index contributed by atoms with van der Waals surface area (Å²) in [5.74, 6) is 0.151. The first-order valence-electron chi connectivity index (χ1n) is 12.1. The van der Waals surface area contributed by atoms with E-state index in [1.807, 2.05) is 13.0 Å². The molecule has 0 heterocycles. The maximum atomic E-state index is 12.9. The highest BCUT2D eigenvalue weighted by molar-refractivity contribution is 6.30. The molecule has 1 N–H and O–H groups in total. The van der Waals surface area contributed by atoms with E-state index in [1.165, 1.54) is 6.21 Å². The van der Waals surface area contributed by atoms with Crippen LogP contribution < -0.4 is 24.4 Å². The molecule has 0 spiro atoms. The molecular weight excluding hydrogens is 555 g/mol. The molecule has 8 nitrogen and oxygen atoms in total. The number of nitrogens with zero attached hydrogens (tertiary/aromatic N) is 1. The van der Waals surface area contributed by atoms with Crippen molar-refractivity contribution in [3.8, 4) is 23.0 Å². The predicted octanol–water partition coefficient (Wildman–Crippen LogP) is 6.55. The Morgan fingerprint density at radius 3 is 2.00 bits per heavy atom. The third-order valence-electron chi connectivity index (χ3n) is 5.20. The number of amides is 1. The van der Waals surface area contributed by atoms with Crippen molar-refractivity contribution in [2.75, 3.05) is 6.61 Å². The van der Waals surface area contributed by atoms with E-state index < -0.39 is 18.2 Å². The second-order valence-corrected chi connectivity index (χ2v) is 8.98. The first kappa shape index (κ1) is 28.5. The fraction of sp³-hybridized carbons (Fsp3) is 0.100. The minimum atomic E-state index is -1.38. The van der Waals surface area contributed by atoms with Gasteiger partial charge in [-0.15, -0.1) is 0 Å². The highest BCUT2D eigenvalue weighted by Crippen LogP contribution is 2.29. The molecule has 4 rings (SSSR count). The van der Waals surface area contributed by atoms with Crippen molar-refractivity contribution in [3.05, 3.63) is 118 Å². The Kier molecular flexibility index (Phi) is 9.99. The lowest BCUT2D eigenvalue weighted by atomic mass is 10.2. The molecule has 40 heavy (non-hydrogen) atoms. The highest BCUT2D eigenvalue weighted by Gasteiger charge is 2.23. The molecule has 10 heteroatoms. The fourth-order valence-corrected chi connectivity index (χ4v) is 3.57. The number of hydrogen-bond acceptors (Lipinski definition) is 7. The predicted molar refractivity (Wildman–Crippen MR) is 153 cm³/mol. The molecule has 4 aromatic rings. The van der Waals surface area contributed by atoms with Gasteiger partial charge in [-0.2, -0.15) is 5.10 Å². The summed E-state index contributed by atoms with van der Waals surface area (Å²) in [6.45, 7) is 2.16. The molecule has 0 aromatic heterocycles. The van der Waals surface area contributed by atoms with Crippen LogP contribution in [0, 0.1) is 0 Å². The van der Waals surface area contributed by atoms with E-state index in [1.54, 1.807) is 91.0 Å². The number of halogens is 2. The van der Waals surface area contributed by atoms with Gasteiger partial charge >= 0.3 is 18.2 Å². The minimum absolute atomic E-state index is 0.254. The van der Waals surface area contributed by atoms with E-state index >= 15 is 0 Å². The van der Waals surface area contributed by atoms with Gasteiger partial charge in [-0.05, 0) is 91.3 Å². The zero-order valence-electron chi connectivity index (χ0n) is 21.3. The van der Waals surface area contributed by atoms with Crippen LogP contribution in [0.1, 0.15) is 22.8 Å². The molecule has 0 aliphatic rings. The van der Waals surface area contributed by atoms with Crippen molar-refractivity contribution in [2.24, 2.45) is 5.10 Å². The van der Waals surface area contributed by atoms with Gasteiger partial charge in [-0.25, -0.2) is 10.2 Å². The fourth-order valence-electron chi connectivity index (χ4n) is 3.32. The average Bonchev–Trinajstić information content (AvgIpc) is 2.96. The Labute approximate surface area is 241 Å². The summed E-state index contributed by atoms with van der Waals surface area (Å²) in [6.07, 6.45) is 0.0310. The largest absolute Gasteiger partial charge is 0.490 e. The lowest BCUT2D eigenvalue weighted by molar-refractivity contribution is -0.140. The van der Waals surface area contributed by atoms with Crippen molar-refractivity contribution >= 4 is 41.3 Å². The standard InChI is InChI=1S/C30H24Cl2N2O6/c1-2-37-27-18-20(8-17-26(27)40-29(36)21-6-4-3-5-7-21)19-33-34-28(35)30(38-24-13-9-22(31)10-14-24)39-25-15-11-23(32)12-16-25/h3-19,30H,2H2,1H3,(H,34,35). The number of esters is 1. The Balaban J connectivity index is 1.45. The molecule has 0 radical (unpaired) electrons. The van der Waals surface area contributed by atoms with Gasteiger partial charge in [-0.1, -0.05) is 41.4 Å². The molecule has 0 aliphatic heterocycles. The summed E-state index contributed by atoms with van der Waals surface area (Å²) in [6, 6.07) is 26.5. The third-order valence-corrected chi connectivity index (χ3v) is 5.70. The molecule has 204 valence electrons. The molecule has 0 aliphatic carbocycles. The first-order chi connectivity index (χ1) is 19.4. The van der Waals surface area contributed by atoms with E-state index in [9.17, 15) is 9.59 Å². The van der Waals surface area contributed by atoms with Crippen LogP contribution in [0.3, 0.4) is 0 Å². The van der Waals surface area contributed by atoms with Gasteiger partial charge in [0.15, 0.2) is 11.5 Å². The van der Waals surface area contributed by atoms with Crippen molar-refractivity contribution in [2.45, 2.75) is 13.2 Å². The molecule has 4 aromatic carbocycles. The topological polar surface area (TPSA) is 95.5 Å². The number of carbonyl (C=O) groups is 2. The van der Waals surface area contributed by atoms with Crippen LogP contribution in [0.4, 0.5) is 0 Å². The van der Waals surface area contributed by atoms with Gasteiger partial charge in [0.2, 0.25) is 0 Å². The van der Waals surface area contributed by atoms with Gasteiger partial charge in [-0.3, -0.25) is 4.79 Å². The van der Waals surface area contributed by atoms with Gasteiger partial charge in [0, 0.05) is 10.0 Å². The van der Waals surface area contributed by atoms with Crippen LogP contribution in [0.5, 0.6) is 23.0 Å². The zero-order valence-corrected chi connectivity index (χ0v) is 22.8. The molecule has 0 bridgehead atoms. The Hall–Kier alpha value is -4.53. The van der Waals surface area contributed by atoms with E-state index in [4.69, 9.17) is 42.1 Å². The van der Waals surface area contributed by atoms with E-state index in [0.717, 1.165) is 0 Å². The van der Waals surface area contributed by atoms with Gasteiger partial charge in [0.25, 0.3) is 0 Å². The lowest BCUT2D eigenvalue weighted by Gasteiger charge is -2.19. The van der Waals surface area contributed by atoms with E-state index in [2.05, 4.69) is 10.5 Å². The summed E-state index contributed by atoms with van der Waals surface area (Å²) in [4.78, 5) is 25.4. The van der Waals surface area contributed by atoms with Crippen molar-refractivity contribution in [1.82, 2.24) is 5.43 Å². The normalized spacial score (nSPS) is 10.8. The number of carbonyl (C=O) groups excluding carboxylic acids is 2. The molecular formula is C30H24Cl2N2O6. The monoisotopic (exact) mass is 578 g/mol. The smallest absolute Gasteiger partial charge is 0.343 e. The number of rotatable bonds is 11. The Morgan fingerprint density at radius 1 is 0.825 bits per heavy atom. The molecule has 0 saturated heterocycles. The van der Waals surface area contributed by atoms with Crippen LogP contribution in [0.25, 0.3) is 0 Å². The third kappa shape index (κ3) is 8.23. The highest BCUT2D eigenvalue weighted by atomic mass is 35.5. The van der Waals surface area contributed by atoms with Crippen molar-refractivity contribution in [3.63, 3.8) is 0 Å². The van der Waals surface area contributed by atoms with Crippen LogP contribution in [-0.4, -0.2) is 31.0 Å². The Morgan fingerprint density at radius 2 is 1.43 bits per heavy atom. The zero-order chi connectivity index (χ0) is 28.3. The second kappa shape index (κ2) is 14.0. The molecule has 0 saturated carbocycles. The van der Waals surface area contributed by atoms with Crippen LogP contribution in [0.2, 0.25) is 10.0 Å². The quantitative estimate of drug-likeness (QED) is 0.0713. The van der Waals surface area contributed by atoms with E-state index in [-0.39, 0.29) is 5.75 Å². The average molecular weight is 579 g/mol. The maximum Gasteiger partial charge on any atom is 0.343 e. The summed E-state index contributed by atoms with van der Waals surface area (Å²) < 4.78 is 22.6. The molecule has 0 unspecified atom stereocenters. The summed E-state index contributed by atoms with van der Waals surface area (Å²) >= 11 is 11.9. The Bertz CT molecular complexity index is 1410. The number of hydrazone groups is 1.